The highest BCUT2D eigenvalue weighted by Crippen LogP contribution is 2.23. The molecule has 2 heterocycles. The Morgan fingerprint density at radius 1 is 1.00 bits per heavy atom. The lowest BCUT2D eigenvalue weighted by Crippen LogP contribution is -2.50. The van der Waals surface area contributed by atoms with E-state index in [1.165, 1.54) is 10.9 Å². The molecule has 0 unspecified atom stereocenters. The van der Waals surface area contributed by atoms with Crippen molar-refractivity contribution < 1.29 is 9.53 Å². The number of ether oxygens (including phenoxy) is 1. The monoisotopic (exact) mass is 375 g/mol. The first-order valence-electron chi connectivity index (χ1n) is 9.69. The number of pyridine rings is 1. The van der Waals surface area contributed by atoms with E-state index in [0.717, 1.165) is 35.7 Å². The van der Waals surface area contributed by atoms with E-state index < -0.39 is 0 Å². The minimum atomic E-state index is 0.0313. The van der Waals surface area contributed by atoms with Crippen molar-refractivity contribution in [3.8, 4) is 5.75 Å². The molecule has 28 heavy (non-hydrogen) atoms. The van der Waals surface area contributed by atoms with Gasteiger partial charge in [0.2, 0.25) is 0 Å². The number of carbonyl (C=O) groups excluding carboxylic acids is 1. The van der Waals surface area contributed by atoms with Gasteiger partial charge in [0.15, 0.2) is 6.61 Å². The maximum atomic E-state index is 12.5. The van der Waals surface area contributed by atoms with Crippen molar-refractivity contribution in [1.82, 2.24) is 9.88 Å². The van der Waals surface area contributed by atoms with Crippen LogP contribution in [0.3, 0.4) is 0 Å². The first-order chi connectivity index (χ1) is 13.6. The highest BCUT2D eigenvalue weighted by molar-refractivity contribution is 5.84. The molecule has 2 aromatic carbocycles. The highest BCUT2D eigenvalue weighted by atomic mass is 16.5. The number of hydrogen-bond donors (Lipinski definition) is 0. The van der Waals surface area contributed by atoms with Gasteiger partial charge in [-0.3, -0.25) is 4.79 Å². The molecule has 144 valence electrons. The summed E-state index contributed by atoms with van der Waals surface area (Å²) in [6.07, 6.45) is 0. The lowest BCUT2D eigenvalue weighted by molar-refractivity contribution is -0.133. The van der Waals surface area contributed by atoms with Gasteiger partial charge >= 0.3 is 0 Å². The molecule has 1 saturated heterocycles. The smallest absolute Gasteiger partial charge is 0.260 e. The van der Waals surface area contributed by atoms with E-state index in [-0.39, 0.29) is 12.5 Å². The summed E-state index contributed by atoms with van der Waals surface area (Å²) in [5.74, 6) is 1.76. The van der Waals surface area contributed by atoms with Gasteiger partial charge in [0.25, 0.3) is 5.91 Å². The molecule has 1 fully saturated rings. The zero-order valence-corrected chi connectivity index (χ0v) is 16.4. The van der Waals surface area contributed by atoms with Crippen LogP contribution >= 0.6 is 0 Å². The molecule has 1 aliphatic heterocycles. The topological polar surface area (TPSA) is 45.7 Å². The fourth-order valence-electron chi connectivity index (χ4n) is 3.62. The Bertz CT molecular complexity index is 994. The number of hydrogen-bond acceptors (Lipinski definition) is 4. The summed E-state index contributed by atoms with van der Waals surface area (Å²) in [5, 5.41) is 1.19. The molecule has 0 bridgehead atoms. The van der Waals surface area contributed by atoms with E-state index in [2.05, 4.69) is 24.0 Å². The van der Waals surface area contributed by atoms with Crippen LogP contribution in [0.2, 0.25) is 0 Å². The zero-order valence-electron chi connectivity index (χ0n) is 16.4. The number of rotatable bonds is 4. The maximum absolute atomic E-state index is 12.5. The number of amides is 1. The molecule has 0 radical (unpaired) electrons. The fraction of sp³-hybridized carbons (Fsp3) is 0.304. The molecule has 0 aliphatic carbocycles. The minimum Gasteiger partial charge on any atom is -0.484 e. The second-order valence-corrected chi connectivity index (χ2v) is 7.29. The quantitative estimate of drug-likeness (QED) is 0.699. The molecule has 1 aliphatic rings. The van der Waals surface area contributed by atoms with Crippen LogP contribution in [-0.4, -0.2) is 48.6 Å². The summed E-state index contributed by atoms with van der Waals surface area (Å²) in [5.41, 5.74) is 3.37. The predicted octanol–water partition coefficient (Wildman–Crippen LogP) is 3.58. The second-order valence-electron chi connectivity index (χ2n) is 7.29. The average molecular weight is 375 g/mol. The average Bonchev–Trinajstić information content (AvgIpc) is 2.72. The van der Waals surface area contributed by atoms with Crippen LogP contribution in [0.25, 0.3) is 10.9 Å². The number of anilines is 1. The van der Waals surface area contributed by atoms with Gasteiger partial charge in [-0.1, -0.05) is 30.3 Å². The third-order valence-electron chi connectivity index (χ3n) is 5.22. The molecule has 0 N–H and O–H groups in total. The van der Waals surface area contributed by atoms with Crippen LogP contribution in [0.5, 0.6) is 5.75 Å². The van der Waals surface area contributed by atoms with Gasteiger partial charge in [-0.25, -0.2) is 4.98 Å². The number of aryl methyl sites for hydroxylation is 2. The van der Waals surface area contributed by atoms with Crippen LogP contribution in [0, 0.1) is 13.8 Å². The molecule has 5 nitrogen and oxygen atoms in total. The third kappa shape index (κ3) is 3.93. The minimum absolute atomic E-state index is 0.0313. The van der Waals surface area contributed by atoms with Gasteiger partial charge in [0.1, 0.15) is 11.6 Å². The number of nitrogens with zero attached hydrogens (tertiary/aromatic N) is 3. The number of para-hydroxylation sites is 1. The molecule has 5 heteroatoms. The molecule has 4 rings (SSSR count). The first-order valence-corrected chi connectivity index (χ1v) is 9.69. The standard InChI is InChI=1S/C23H25N3O2/c1-17-6-5-7-19(14-17)28-16-23(27)26-12-10-25(11-13-26)22-15-18(2)20-8-3-4-9-21(20)24-22/h3-9,14-15H,10-13,16H2,1-2H3. The lowest BCUT2D eigenvalue weighted by Gasteiger charge is -2.35. The molecule has 0 atom stereocenters. The normalized spacial score (nSPS) is 14.4. The molecular weight excluding hydrogens is 350 g/mol. The van der Waals surface area contributed by atoms with Gasteiger partial charge in [0.05, 0.1) is 5.52 Å². The molecular formula is C23H25N3O2. The van der Waals surface area contributed by atoms with E-state index in [0.29, 0.717) is 13.1 Å². The van der Waals surface area contributed by atoms with E-state index >= 15 is 0 Å². The Morgan fingerprint density at radius 2 is 1.79 bits per heavy atom. The zero-order chi connectivity index (χ0) is 19.5. The summed E-state index contributed by atoms with van der Waals surface area (Å²) in [7, 11) is 0. The van der Waals surface area contributed by atoms with Gasteiger partial charge in [-0.05, 0) is 49.2 Å². The van der Waals surface area contributed by atoms with E-state index in [1.54, 1.807) is 0 Å². The predicted molar refractivity (Wildman–Crippen MR) is 112 cm³/mol. The number of benzene rings is 2. The Morgan fingerprint density at radius 3 is 2.57 bits per heavy atom. The lowest BCUT2D eigenvalue weighted by atomic mass is 10.1. The van der Waals surface area contributed by atoms with Crippen molar-refractivity contribution in [3.05, 3.63) is 65.7 Å². The molecule has 0 saturated carbocycles. The van der Waals surface area contributed by atoms with Crippen LogP contribution < -0.4 is 9.64 Å². The Kier molecular flexibility index (Phi) is 5.15. The SMILES string of the molecule is Cc1cccc(OCC(=O)N2CCN(c3cc(C)c4ccccc4n3)CC2)c1. The summed E-state index contributed by atoms with van der Waals surface area (Å²) < 4.78 is 5.66. The molecule has 1 aromatic heterocycles. The summed E-state index contributed by atoms with van der Waals surface area (Å²) in [4.78, 5) is 21.4. The number of carbonyl (C=O) groups is 1. The number of fused-ring (bicyclic) bond motifs is 1. The first kappa shape index (κ1) is 18.3. The highest BCUT2D eigenvalue weighted by Gasteiger charge is 2.22. The van der Waals surface area contributed by atoms with Crippen molar-refractivity contribution in [2.45, 2.75) is 13.8 Å². The maximum Gasteiger partial charge on any atom is 0.260 e. The van der Waals surface area contributed by atoms with Gasteiger partial charge in [0, 0.05) is 31.6 Å². The van der Waals surface area contributed by atoms with Crippen molar-refractivity contribution in [2.75, 3.05) is 37.7 Å². The fourth-order valence-corrected chi connectivity index (χ4v) is 3.62. The number of piperazine rings is 1. The molecule has 0 spiro atoms. The van der Waals surface area contributed by atoms with Gasteiger partial charge < -0.3 is 14.5 Å². The van der Waals surface area contributed by atoms with Crippen LogP contribution in [-0.2, 0) is 4.79 Å². The summed E-state index contributed by atoms with van der Waals surface area (Å²) >= 11 is 0. The van der Waals surface area contributed by atoms with E-state index in [1.807, 2.05) is 54.3 Å². The van der Waals surface area contributed by atoms with Crippen molar-refractivity contribution in [2.24, 2.45) is 0 Å². The van der Waals surface area contributed by atoms with E-state index in [9.17, 15) is 4.79 Å². The Labute approximate surface area is 165 Å². The Balaban J connectivity index is 1.36. The number of aromatic nitrogens is 1. The van der Waals surface area contributed by atoms with Crippen molar-refractivity contribution in [3.63, 3.8) is 0 Å². The van der Waals surface area contributed by atoms with Gasteiger partial charge in [-0.2, -0.15) is 0 Å². The van der Waals surface area contributed by atoms with Crippen LogP contribution in [0.4, 0.5) is 5.82 Å². The summed E-state index contributed by atoms with van der Waals surface area (Å²) in [6.45, 7) is 7.14. The van der Waals surface area contributed by atoms with Crippen LogP contribution in [0.1, 0.15) is 11.1 Å². The molecule has 1 amide bonds. The largest absolute Gasteiger partial charge is 0.484 e. The van der Waals surface area contributed by atoms with Crippen molar-refractivity contribution >= 4 is 22.6 Å². The van der Waals surface area contributed by atoms with Crippen molar-refractivity contribution in [1.29, 1.82) is 0 Å². The summed E-state index contributed by atoms with van der Waals surface area (Å²) in [6, 6.07) is 18.1. The van der Waals surface area contributed by atoms with Crippen LogP contribution in [0.15, 0.2) is 54.6 Å². The van der Waals surface area contributed by atoms with E-state index in [4.69, 9.17) is 9.72 Å². The third-order valence-corrected chi connectivity index (χ3v) is 5.22. The molecule has 3 aromatic rings. The Hall–Kier alpha value is -3.08. The second kappa shape index (κ2) is 7.89. The van der Waals surface area contributed by atoms with Gasteiger partial charge in [-0.15, -0.1) is 0 Å².